The second-order valence-corrected chi connectivity index (χ2v) is 9.52. The van der Waals surface area contributed by atoms with E-state index in [0.29, 0.717) is 25.9 Å². The van der Waals surface area contributed by atoms with Crippen LogP contribution < -0.4 is 0 Å². The number of hydrogen-bond acceptors (Lipinski definition) is 6. The number of ether oxygens (including phenoxy) is 2. The lowest BCUT2D eigenvalue weighted by Gasteiger charge is -2.38. The van der Waals surface area contributed by atoms with Crippen LogP contribution in [0.4, 0.5) is 0 Å². The van der Waals surface area contributed by atoms with Crippen molar-refractivity contribution in [2.45, 2.75) is 69.7 Å². The molecule has 1 spiro atoms. The van der Waals surface area contributed by atoms with E-state index >= 15 is 0 Å². The van der Waals surface area contributed by atoms with E-state index in [1.807, 2.05) is 24.0 Å². The summed E-state index contributed by atoms with van der Waals surface area (Å²) in [6.07, 6.45) is 10.2. The molecule has 0 aromatic rings. The van der Waals surface area contributed by atoms with E-state index in [2.05, 4.69) is 6.92 Å². The highest BCUT2D eigenvalue weighted by atomic mass is 16.6. The molecule has 4 aliphatic rings. The predicted octanol–water partition coefficient (Wildman–Crippen LogP) is 1.43. The lowest BCUT2D eigenvalue weighted by molar-refractivity contribution is -0.158. The normalized spacial score (nSPS) is 37.0. The Morgan fingerprint density at radius 2 is 1.94 bits per heavy atom. The SMILES string of the molecule is CCCC(C)N1CC=C[C@]23O[C@]4(C)C=CCOC(=O)[C@@H]4[C@H]2C(=O)N(CCCCO)C3C1=O. The Morgan fingerprint density at radius 3 is 2.66 bits per heavy atom. The molecule has 8 nitrogen and oxygen atoms in total. The number of carbonyl (C=O) groups is 3. The molecule has 0 aromatic carbocycles. The summed E-state index contributed by atoms with van der Waals surface area (Å²) in [7, 11) is 0. The van der Waals surface area contributed by atoms with Crippen molar-refractivity contribution in [1.29, 1.82) is 0 Å². The van der Waals surface area contributed by atoms with Gasteiger partial charge in [-0.1, -0.05) is 31.6 Å². The minimum Gasteiger partial charge on any atom is -0.461 e. The molecule has 4 aliphatic heterocycles. The molecule has 0 aliphatic carbocycles. The average molecular weight is 447 g/mol. The number of likely N-dealkylation sites (tertiary alicyclic amines) is 1. The minimum absolute atomic E-state index is 0.0170. The number of rotatable bonds is 7. The summed E-state index contributed by atoms with van der Waals surface area (Å²) in [5.74, 6) is -2.52. The molecule has 0 bridgehead atoms. The molecule has 0 aromatic heterocycles. The molecule has 6 atom stereocenters. The van der Waals surface area contributed by atoms with E-state index in [-0.39, 0.29) is 31.1 Å². The maximum Gasteiger partial charge on any atom is 0.313 e. The van der Waals surface area contributed by atoms with Gasteiger partial charge in [-0.15, -0.1) is 0 Å². The number of unbranched alkanes of at least 4 members (excludes halogenated alkanes) is 1. The number of hydrogen-bond donors (Lipinski definition) is 1. The molecule has 32 heavy (non-hydrogen) atoms. The number of aliphatic hydroxyl groups is 1. The van der Waals surface area contributed by atoms with Gasteiger partial charge in [-0.2, -0.15) is 0 Å². The lowest BCUT2D eigenvalue weighted by Crippen LogP contribution is -2.57. The van der Waals surface area contributed by atoms with Crippen LogP contribution in [0.2, 0.25) is 0 Å². The Balaban J connectivity index is 1.80. The Labute approximate surface area is 189 Å². The number of esters is 1. The van der Waals surface area contributed by atoms with Crippen LogP contribution in [0, 0.1) is 11.8 Å². The topological polar surface area (TPSA) is 96.4 Å². The van der Waals surface area contributed by atoms with Crippen molar-refractivity contribution >= 4 is 17.8 Å². The fourth-order valence-corrected chi connectivity index (χ4v) is 5.98. The molecule has 2 fully saturated rings. The van der Waals surface area contributed by atoms with Gasteiger partial charge in [0.05, 0.1) is 11.5 Å². The van der Waals surface area contributed by atoms with Crippen LogP contribution in [-0.2, 0) is 23.9 Å². The van der Waals surface area contributed by atoms with Gasteiger partial charge in [0.15, 0.2) is 0 Å². The zero-order valence-corrected chi connectivity index (χ0v) is 19.2. The Kier molecular flexibility index (Phi) is 6.20. The van der Waals surface area contributed by atoms with E-state index in [9.17, 15) is 19.5 Å². The third-order valence-electron chi connectivity index (χ3n) is 7.39. The lowest BCUT2D eigenvalue weighted by atomic mass is 9.74. The van der Waals surface area contributed by atoms with Crippen molar-refractivity contribution < 1.29 is 29.0 Å². The van der Waals surface area contributed by atoms with Crippen molar-refractivity contribution in [3.63, 3.8) is 0 Å². The number of cyclic esters (lactones) is 1. The van der Waals surface area contributed by atoms with Crippen LogP contribution in [-0.4, -0.2) is 82.3 Å². The number of aliphatic hydroxyl groups excluding tert-OH is 1. The summed E-state index contributed by atoms with van der Waals surface area (Å²) in [4.78, 5) is 44.2. The molecule has 4 rings (SSSR count). The third-order valence-corrected chi connectivity index (χ3v) is 7.39. The Bertz CT molecular complexity index is 840. The molecule has 1 N–H and O–H groups in total. The zero-order chi connectivity index (χ0) is 23.1. The van der Waals surface area contributed by atoms with Gasteiger partial charge < -0.3 is 24.4 Å². The van der Waals surface area contributed by atoms with Gasteiger partial charge in [0.25, 0.3) is 0 Å². The summed E-state index contributed by atoms with van der Waals surface area (Å²) in [6.45, 7) is 6.84. The molecular weight excluding hydrogens is 412 g/mol. The standard InChI is InChI=1S/C24H34N2O6/c1-4-9-16(2)25-13-7-11-24-17(18-22(30)31-15-8-10-23(18,3)32-24)20(28)26(12-5-6-14-27)19(24)21(25)29/h7-8,10-11,16-19,27H,4-6,9,12-15H2,1-3H3/t16?,17-,18-,19?,23+,24-/m0/s1. The van der Waals surface area contributed by atoms with Gasteiger partial charge in [0.1, 0.15) is 24.2 Å². The van der Waals surface area contributed by atoms with Gasteiger partial charge in [-0.05, 0) is 39.2 Å². The summed E-state index contributed by atoms with van der Waals surface area (Å²) in [5, 5.41) is 9.24. The first-order valence-corrected chi connectivity index (χ1v) is 11.7. The molecule has 2 amide bonds. The molecule has 2 unspecified atom stereocenters. The molecule has 0 saturated carbocycles. The van der Waals surface area contributed by atoms with E-state index < -0.39 is 35.0 Å². The van der Waals surface area contributed by atoms with E-state index in [4.69, 9.17) is 9.47 Å². The number of nitrogens with zero attached hydrogens (tertiary/aromatic N) is 2. The molecule has 176 valence electrons. The summed E-state index contributed by atoms with van der Waals surface area (Å²) < 4.78 is 12.0. The Hall–Kier alpha value is -2.19. The first-order valence-electron chi connectivity index (χ1n) is 11.7. The quantitative estimate of drug-likeness (QED) is 0.361. The third kappa shape index (κ3) is 3.39. The first-order chi connectivity index (χ1) is 15.3. The average Bonchev–Trinajstić information content (AvgIpc) is 2.99. The highest BCUT2D eigenvalue weighted by Gasteiger charge is 2.74. The van der Waals surface area contributed by atoms with Crippen LogP contribution in [0.1, 0.15) is 46.5 Å². The van der Waals surface area contributed by atoms with Crippen molar-refractivity contribution in [1.82, 2.24) is 9.80 Å². The molecule has 2 saturated heterocycles. The number of amides is 2. The highest BCUT2D eigenvalue weighted by Crippen LogP contribution is 2.57. The second kappa shape index (κ2) is 8.63. The van der Waals surface area contributed by atoms with Crippen molar-refractivity contribution in [2.24, 2.45) is 11.8 Å². The van der Waals surface area contributed by atoms with Crippen LogP contribution >= 0.6 is 0 Å². The van der Waals surface area contributed by atoms with Gasteiger partial charge in [-0.3, -0.25) is 14.4 Å². The first kappa shape index (κ1) is 23.0. The van der Waals surface area contributed by atoms with E-state index in [0.717, 1.165) is 12.8 Å². The van der Waals surface area contributed by atoms with E-state index in [1.165, 1.54) is 0 Å². The Morgan fingerprint density at radius 1 is 1.16 bits per heavy atom. The van der Waals surface area contributed by atoms with Crippen molar-refractivity contribution in [3.05, 3.63) is 24.3 Å². The van der Waals surface area contributed by atoms with Crippen LogP contribution in [0.3, 0.4) is 0 Å². The van der Waals surface area contributed by atoms with Crippen LogP contribution in [0.25, 0.3) is 0 Å². The zero-order valence-electron chi connectivity index (χ0n) is 19.2. The highest BCUT2D eigenvalue weighted by molar-refractivity contribution is 5.99. The predicted molar refractivity (Wildman–Crippen MR) is 116 cm³/mol. The van der Waals surface area contributed by atoms with Gasteiger partial charge in [-0.25, -0.2) is 0 Å². The summed E-state index contributed by atoms with van der Waals surface area (Å²) in [6, 6.07) is -0.824. The van der Waals surface area contributed by atoms with Gasteiger partial charge in [0.2, 0.25) is 11.8 Å². The molecule has 4 heterocycles. The monoisotopic (exact) mass is 446 g/mol. The van der Waals surface area contributed by atoms with Gasteiger partial charge >= 0.3 is 5.97 Å². The fourth-order valence-electron chi connectivity index (χ4n) is 5.98. The van der Waals surface area contributed by atoms with Crippen molar-refractivity contribution in [2.75, 3.05) is 26.3 Å². The second-order valence-electron chi connectivity index (χ2n) is 9.52. The summed E-state index contributed by atoms with van der Waals surface area (Å²) in [5.41, 5.74) is -2.26. The van der Waals surface area contributed by atoms with Gasteiger partial charge in [0, 0.05) is 25.7 Å². The van der Waals surface area contributed by atoms with Crippen LogP contribution in [0.5, 0.6) is 0 Å². The maximum absolute atomic E-state index is 14.0. The van der Waals surface area contributed by atoms with Crippen LogP contribution in [0.15, 0.2) is 24.3 Å². The number of fused-ring (bicyclic) bond motifs is 2. The molecule has 8 heteroatoms. The fraction of sp³-hybridized carbons (Fsp3) is 0.708. The minimum atomic E-state index is -1.23. The number of carbonyl (C=O) groups excluding carboxylic acids is 3. The van der Waals surface area contributed by atoms with Crippen molar-refractivity contribution in [3.8, 4) is 0 Å². The maximum atomic E-state index is 14.0. The van der Waals surface area contributed by atoms with E-state index in [1.54, 1.807) is 24.0 Å². The smallest absolute Gasteiger partial charge is 0.313 e. The molecule has 0 radical (unpaired) electrons. The summed E-state index contributed by atoms with van der Waals surface area (Å²) >= 11 is 0. The molecular formula is C24H34N2O6. The largest absolute Gasteiger partial charge is 0.461 e.